The van der Waals surface area contributed by atoms with Crippen LogP contribution in [0, 0.1) is 0 Å². The number of thiophene rings is 1. The zero-order chi connectivity index (χ0) is 14.7. The lowest BCUT2D eigenvalue weighted by molar-refractivity contribution is 0.0954. The Morgan fingerprint density at radius 2 is 2.29 bits per heavy atom. The van der Waals surface area contributed by atoms with Gasteiger partial charge in [0.15, 0.2) is 0 Å². The Morgan fingerprint density at radius 1 is 1.43 bits per heavy atom. The van der Waals surface area contributed by atoms with E-state index in [0.717, 1.165) is 23.3 Å². The van der Waals surface area contributed by atoms with E-state index < -0.39 is 0 Å². The van der Waals surface area contributed by atoms with E-state index in [1.54, 1.807) is 24.6 Å². The summed E-state index contributed by atoms with van der Waals surface area (Å²) in [5.41, 5.74) is 2.24. The maximum Gasteiger partial charge on any atom is 0.261 e. The van der Waals surface area contributed by atoms with Gasteiger partial charge in [-0.2, -0.15) is 0 Å². The Labute approximate surface area is 128 Å². The summed E-state index contributed by atoms with van der Waals surface area (Å²) in [7, 11) is 1.58. The molecular weight excluding hydrogens is 284 g/mol. The highest BCUT2D eigenvalue weighted by Crippen LogP contribution is 2.29. The lowest BCUT2D eigenvalue weighted by Crippen LogP contribution is -2.22. The summed E-state index contributed by atoms with van der Waals surface area (Å²) in [5, 5.41) is 2.95. The minimum absolute atomic E-state index is 0.0136. The van der Waals surface area contributed by atoms with Gasteiger partial charge in [0, 0.05) is 23.2 Å². The van der Waals surface area contributed by atoms with Crippen LogP contribution in [0.4, 0.5) is 0 Å². The Morgan fingerprint density at radius 3 is 3.10 bits per heavy atom. The number of pyridine rings is 1. The van der Waals surface area contributed by atoms with Crippen molar-refractivity contribution in [1.82, 2.24) is 10.3 Å². The number of aryl methyl sites for hydroxylation is 2. The number of nitrogens with one attached hydrogen (secondary N) is 1. The highest BCUT2D eigenvalue weighted by molar-refractivity contribution is 7.14. The molecular formula is C16H18N2O2S. The third kappa shape index (κ3) is 3.08. The Bertz CT molecular complexity index is 628. The van der Waals surface area contributed by atoms with Crippen molar-refractivity contribution >= 4 is 17.2 Å². The van der Waals surface area contributed by atoms with Crippen molar-refractivity contribution in [1.29, 1.82) is 0 Å². The molecule has 0 spiro atoms. The van der Waals surface area contributed by atoms with Crippen LogP contribution in [0.3, 0.4) is 0 Å². The lowest BCUT2D eigenvalue weighted by atomic mass is 9.99. The van der Waals surface area contributed by atoms with E-state index in [1.165, 1.54) is 23.3 Å². The van der Waals surface area contributed by atoms with Gasteiger partial charge >= 0.3 is 0 Å². The molecule has 3 rings (SSSR count). The topological polar surface area (TPSA) is 51.2 Å². The molecule has 0 bridgehead atoms. The van der Waals surface area contributed by atoms with Crippen LogP contribution in [0.2, 0.25) is 0 Å². The van der Waals surface area contributed by atoms with Crippen LogP contribution in [0.1, 0.15) is 38.5 Å². The van der Waals surface area contributed by atoms with Gasteiger partial charge in [-0.1, -0.05) is 6.07 Å². The van der Waals surface area contributed by atoms with Gasteiger partial charge in [-0.15, -0.1) is 11.3 Å². The van der Waals surface area contributed by atoms with Gasteiger partial charge < -0.3 is 10.1 Å². The molecule has 110 valence electrons. The van der Waals surface area contributed by atoms with Crippen LogP contribution in [0.25, 0.3) is 0 Å². The van der Waals surface area contributed by atoms with Gasteiger partial charge in [-0.05, 0) is 43.4 Å². The quantitative estimate of drug-likeness (QED) is 0.944. The van der Waals surface area contributed by atoms with Crippen LogP contribution < -0.4 is 10.1 Å². The average Bonchev–Trinajstić information content (AvgIpc) is 2.97. The molecule has 2 heterocycles. The number of ether oxygens (including phenoxy) is 1. The highest BCUT2D eigenvalue weighted by atomic mass is 32.1. The van der Waals surface area contributed by atoms with Crippen LogP contribution in [0.5, 0.6) is 5.88 Å². The second-order valence-corrected chi connectivity index (χ2v) is 6.26. The van der Waals surface area contributed by atoms with Crippen molar-refractivity contribution in [2.24, 2.45) is 0 Å². The molecule has 1 amide bonds. The van der Waals surface area contributed by atoms with Crippen molar-refractivity contribution in [3.63, 3.8) is 0 Å². The summed E-state index contributed by atoms with van der Waals surface area (Å²) in [4.78, 5) is 18.6. The minimum atomic E-state index is -0.0136. The second-order valence-electron chi connectivity index (χ2n) is 5.12. The summed E-state index contributed by atoms with van der Waals surface area (Å²) in [6, 6.07) is 5.80. The van der Waals surface area contributed by atoms with E-state index in [0.29, 0.717) is 12.4 Å². The zero-order valence-corrected chi connectivity index (χ0v) is 12.8. The normalized spacial score (nSPS) is 13.6. The maximum atomic E-state index is 12.3. The largest absolute Gasteiger partial charge is 0.481 e. The monoisotopic (exact) mass is 302 g/mol. The SMILES string of the molecule is COc1ncccc1CNC(=O)c1cc2c(s1)CCCC2. The number of hydrogen-bond donors (Lipinski definition) is 1. The Hall–Kier alpha value is -1.88. The minimum Gasteiger partial charge on any atom is -0.481 e. The van der Waals surface area contributed by atoms with E-state index >= 15 is 0 Å². The predicted octanol–water partition coefficient (Wildman–Crippen LogP) is 2.96. The Balaban J connectivity index is 1.67. The molecule has 0 aliphatic heterocycles. The van der Waals surface area contributed by atoms with Gasteiger partial charge in [0.2, 0.25) is 5.88 Å². The second kappa shape index (κ2) is 6.26. The highest BCUT2D eigenvalue weighted by Gasteiger charge is 2.17. The first-order valence-electron chi connectivity index (χ1n) is 7.15. The van der Waals surface area contributed by atoms with Crippen molar-refractivity contribution < 1.29 is 9.53 Å². The van der Waals surface area contributed by atoms with E-state index in [4.69, 9.17) is 4.74 Å². The summed E-state index contributed by atoms with van der Waals surface area (Å²) in [6.45, 7) is 0.429. The van der Waals surface area contributed by atoms with Crippen LogP contribution in [0.15, 0.2) is 24.4 Å². The molecule has 2 aromatic heterocycles. The standard InChI is InChI=1S/C16H18N2O2S/c1-20-16-12(6-4-8-17-16)10-18-15(19)14-9-11-5-2-3-7-13(11)21-14/h4,6,8-9H,2-3,5,7,10H2,1H3,(H,18,19). The lowest BCUT2D eigenvalue weighted by Gasteiger charge is -2.08. The summed E-state index contributed by atoms with van der Waals surface area (Å²) < 4.78 is 5.19. The van der Waals surface area contributed by atoms with Crippen molar-refractivity contribution in [3.05, 3.63) is 45.3 Å². The first-order chi connectivity index (χ1) is 10.3. The average molecular weight is 302 g/mol. The third-order valence-electron chi connectivity index (χ3n) is 3.70. The van der Waals surface area contributed by atoms with Crippen LogP contribution in [-0.4, -0.2) is 18.0 Å². The fourth-order valence-electron chi connectivity index (χ4n) is 2.61. The Kier molecular flexibility index (Phi) is 4.20. The molecule has 0 atom stereocenters. The molecule has 1 N–H and O–H groups in total. The smallest absolute Gasteiger partial charge is 0.261 e. The van der Waals surface area contributed by atoms with E-state index in [9.17, 15) is 4.79 Å². The van der Waals surface area contributed by atoms with E-state index in [2.05, 4.69) is 16.4 Å². The number of methoxy groups -OCH3 is 1. The number of rotatable bonds is 4. The molecule has 21 heavy (non-hydrogen) atoms. The first-order valence-corrected chi connectivity index (χ1v) is 7.97. The van der Waals surface area contributed by atoms with E-state index in [1.807, 2.05) is 12.1 Å². The van der Waals surface area contributed by atoms with Gasteiger partial charge in [-0.25, -0.2) is 4.98 Å². The van der Waals surface area contributed by atoms with E-state index in [-0.39, 0.29) is 5.91 Å². The van der Waals surface area contributed by atoms with Gasteiger partial charge in [0.05, 0.1) is 12.0 Å². The number of amides is 1. The summed E-state index contributed by atoms with van der Waals surface area (Å²) in [6.07, 6.45) is 6.37. The number of aromatic nitrogens is 1. The summed E-state index contributed by atoms with van der Waals surface area (Å²) in [5.74, 6) is 0.545. The molecule has 2 aromatic rings. The number of hydrogen-bond acceptors (Lipinski definition) is 4. The molecule has 1 aliphatic rings. The maximum absolute atomic E-state index is 12.3. The van der Waals surface area contributed by atoms with Gasteiger partial charge in [0.25, 0.3) is 5.91 Å². The number of carbonyl (C=O) groups excluding carboxylic acids is 1. The van der Waals surface area contributed by atoms with Crippen LogP contribution >= 0.6 is 11.3 Å². The number of carbonyl (C=O) groups is 1. The van der Waals surface area contributed by atoms with Crippen molar-refractivity contribution in [2.75, 3.05) is 7.11 Å². The molecule has 1 aliphatic carbocycles. The fraction of sp³-hybridized carbons (Fsp3) is 0.375. The molecule has 0 unspecified atom stereocenters. The molecule has 0 saturated heterocycles. The fourth-order valence-corrected chi connectivity index (χ4v) is 3.78. The van der Waals surface area contributed by atoms with Gasteiger partial charge in [-0.3, -0.25) is 4.79 Å². The zero-order valence-electron chi connectivity index (χ0n) is 12.0. The number of nitrogens with zero attached hydrogens (tertiary/aromatic N) is 1. The molecule has 4 nitrogen and oxygen atoms in total. The molecule has 0 aromatic carbocycles. The number of fused-ring (bicyclic) bond motifs is 1. The van der Waals surface area contributed by atoms with Crippen molar-refractivity contribution in [2.45, 2.75) is 32.2 Å². The predicted molar refractivity (Wildman–Crippen MR) is 82.9 cm³/mol. The molecule has 0 radical (unpaired) electrons. The van der Waals surface area contributed by atoms with Crippen LogP contribution in [-0.2, 0) is 19.4 Å². The third-order valence-corrected chi connectivity index (χ3v) is 4.94. The molecule has 5 heteroatoms. The molecule has 0 saturated carbocycles. The van der Waals surface area contributed by atoms with Gasteiger partial charge in [0.1, 0.15) is 0 Å². The van der Waals surface area contributed by atoms with Crippen molar-refractivity contribution in [3.8, 4) is 5.88 Å². The molecule has 0 fully saturated rings. The summed E-state index contributed by atoms with van der Waals surface area (Å²) >= 11 is 1.63. The first kappa shape index (κ1) is 14.1.